The van der Waals surface area contributed by atoms with Crippen LogP contribution in [0.5, 0.6) is 11.5 Å². The van der Waals surface area contributed by atoms with Crippen molar-refractivity contribution in [1.82, 2.24) is 36.4 Å². The topological polar surface area (TPSA) is 346 Å². The highest BCUT2D eigenvalue weighted by molar-refractivity contribution is 6.00. The third kappa shape index (κ3) is 17.2. The Morgan fingerprint density at radius 2 is 1.22 bits per heavy atom. The summed E-state index contributed by atoms with van der Waals surface area (Å²) in [5, 5.41) is 92.0. The molecule has 0 spiro atoms. The molecule has 3 saturated heterocycles. The van der Waals surface area contributed by atoms with Gasteiger partial charge in [-0.25, -0.2) is 0 Å². The first-order chi connectivity index (χ1) is 41.6. The maximum absolute atomic E-state index is 14.9. The molecule has 3 heterocycles. The van der Waals surface area contributed by atoms with Gasteiger partial charge in [0.15, 0.2) is 6.23 Å². The van der Waals surface area contributed by atoms with E-state index in [1.54, 1.807) is 38.1 Å². The minimum Gasteiger partial charge on any atom is -0.508 e. The number of unbranched alkanes of at least 4 members (excludes halogenated alkanes) is 2. The summed E-state index contributed by atoms with van der Waals surface area (Å²) in [6.45, 7) is 8.08. The predicted molar refractivity (Wildman–Crippen MR) is 323 cm³/mol. The van der Waals surface area contributed by atoms with Crippen molar-refractivity contribution in [3.05, 3.63) is 108 Å². The van der Waals surface area contributed by atoms with E-state index in [1.165, 1.54) is 31.2 Å². The summed E-state index contributed by atoms with van der Waals surface area (Å²) < 4.78 is 12.4. The Kier molecular flexibility index (Phi) is 23.2. The number of nitrogens with one attached hydrogen (secondary N) is 5. The Labute approximate surface area is 512 Å². The van der Waals surface area contributed by atoms with Gasteiger partial charge in [-0.05, 0) is 83.5 Å². The fourth-order valence-electron chi connectivity index (χ4n) is 10.9. The van der Waals surface area contributed by atoms with Gasteiger partial charge >= 0.3 is 0 Å². The normalized spacial score (nSPS) is 26.4. The van der Waals surface area contributed by atoms with Crippen molar-refractivity contribution in [1.29, 1.82) is 0 Å². The second-order valence-electron chi connectivity index (χ2n) is 24.6. The smallest absolute Gasteiger partial charge is 0.251 e. The van der Waals surface area contributed by atoms with E-state index in [4.69, 9.17) is 9.47 Å². The second-order valence-corrected chi connectivity index (χ2v) is 24.6. The Bertz CT molecular complexity index is 3030. The molecule has 0 aromatic heterocycles. The van der Waals surface area contributed by atoms with Crippen LogP contribution in [0.1, 0.15) is 88.7 Å². The molecule has 0 radical (unpaired) electrons. The van der Waals surface area contributed by atoms with Crippen LogP contribution in [0, 0.1) is 11.8 Å². The number of benzene rings is 4. The molecule has 0 saturated carbocycles. The summed E-state index contributed by atoms with van der Waals surface area (Å²) in [5.74, 6) is -8.30. The quantitative estimate of drug-likeness (QED) is 0.0490. The zero-order valence-electron chi connectivity index (χ0n) is 51.1. The first-order valence-corrected chi connectivity index (χ1v) is 30.0. The Balaban J connectivity index is 1.23. The van der Waals surface area contributed by atoms with Crippen LogP contribution in [0.2, 0.25) is 0 Å². The van der Waals surface area contributed by atoms with Crippen molar-refractivity contribution in [2.45, 2.75) is 146 Å². The third-order valence-electron chi connectivity index (χ3n) is 16.3. The largest absolute Gasteiger partial charge is 0.508 e. The Morgan fingerprint density at radius 1 is 0.659 bits per heavy atom. The number of hydrogen-bond acceptors (Lipinski definition) is 16. The lowest BCUT2D eigenvalue weighted by Gasteiger charge is -2.34. The molecule has 24 nitrogen and oxygen atoms in total. The number of hydrogen-bond donors (Lipinski definition) is 12. The molecular formula is C64H87N8O16+. The molecular weight excluding hydrogens is 1140 g/mol. The highest BCUT2D eigenvalue weighted by Crippen LogP contribution is 2.30. The highest BCUT2D eigenvalue weighted by atomic mass is 16.5. The molecule has 3 aliphatic heterocycles. The number of phenolic OH excluding ortho intramolecular Hbond substituents is 1. The molecule has 4 aromatic carbocycles. The van der Waals surface area contributed by atoms with Gasteiger partial charge in [0.05, 0.1) is 52.7 Å². The van der Waals surface area contributed by atoms with Crippen LogP contribution < -0.4 is 31.3 Å². The van der Waals surface area contributed by atoms with Gasteiger partial charge < -0.3 is 86.1 Å². The number of fused-ring (bicyclic) bond motifs is 2. The number of rotatable bonds is 18. The van der Waals surface area contributed by atoms with Crippen LogP contribution in [0.25, 0.3) is 22.3 Å². The molecule has 7 unspecified atom stereocenters. The first-order valence-electron chi connectivity index (χ1n) is 30.0. The van der Waals surface area contributed by atoms with Gasteiger partial charge in [0, 0.05) is 37.4 Å². The van der Waals surface area contributed by atoms with Gasteiger partial charge in [0.2, 0.25) is 35.4 Å². The molecule has 0 aliphatic carbocycles. The van der Waals surface area contributed by atoms with Crippen molar-refractivity contribution in [3.63, 3.8) is 0 Å². The van der Waals surface area contributed by atoms with Crippen LogP contribution in [0.15, 0.2) is 97.1 Å². The van der Waals surface area contributed by atoms with E-state index in [0.29, 0.717) is 17.6 Å². The zero-order chi connectivity index (χ0) is 64.3. The van der Waals surface area contributed by atoms with Crippen LogP contribution in [0.3, 0.4) is 0 Å². The van der Waals surface area contributed by atoms with Gasteiger partial charge in [0.1, 0.15) is 72.6 Å². The van der Waals surface area contributed by atoms with E-state index in [9.17, 15) is 69.3 Å². The number of phenols is 1. The van der Waals surface area contributed by atoms with E-state index in [0.717, 1.165) is 64.0 Å². The number of nitrogens with zero attached hydrogens (tertiary/aromatic N) is 3. The summed E-state index contributed by atoms with van der Waals surface area (Å²) in [5.41, 5.74) is 3.63. The van der Waals surface area contributed by atoms with Gasteiger partial charge in [-0.1, -0.05) is 101 Å². The highest BCUT2D eigenvalue weighted by Gasteiger charge is 2.50. The number of carbonyl (C=O) groups excluding carboxylic acids is 7. The molecule has 3 fully saturated rings. The fourth-order valence-corrected chi connectivity index (χ4v) is 10.9. The maximum atomic E-state index is 14.9. The number of likely N-dealkylation sites (N-methyl/N-ethyl adjacent to an activating group) is 1. The average Bonchev–Trinajstić information content (AvgIpc) is 2.08. The van der Waals surface area contributed by atoms with Crippen molar-refractivity contribution in [2.24, 2.45) is 11.8 Å². The number of amides is 7. The van der Waals surface area contributed by atoms with Crippen LogP contribution in [0.4, 0.5) is 0 Å². The molecule has 7 rings (SSSR count). The summed E-state index contributed by atoms with van der Waals surface area (Å²) in [6.07, 6.45) is -10.4. The van der Waals surface area contributed by atoms with Gasteiger partial charge in [-0.2, -0.15) is 0 Å². The summed E-state index contributed by atoms with van der Waals surface area (Å²) >= 11 is 0. The molecule has 12 N–H and O–H groups in total. The minimum atomic E-state index is -2.25. The lowest BCUT2D eigenvalue weighted by Crippen LogP contribution is -2.64. The zero-order valence-corrected chi connectivity index (χ0v) is 51.1. The molecule has 478 valence electrons. The van der Waals surface area contributed by atoms with Gasteiger partial charge in [0.25, 0.3) is 5.91 Å². The van der Waals surface area contributed by atoms with Crippen LogP contribution in [-0.2, 0) is 33.5 Å². The molecule has 7 amide bonds. The number of ether oxygens (including phenoxy) is 2. The number of aliphatic hydroxyl groups excluding tert-OH is 6. The minimum absolute atomic E-state index is 0.0351. The van der Waals surface area contributed by atoms with Crippen molar-refractivity contribution in [2.75, 3.05) is 54.0 Å². The summed E-state index contributed by atoms with van der Waals surface area (Å²) in [7, 11) is 5.59. The first kappa shape index (κ1) is 67.9. The Morgan fingerprint density at radius 3 is 1.78 bits per heavy atom. The SMILES string of the molecule is CCCCCOc1ccc(-c2ccc(-c3ccc(C(=O)NC4C[C@@H](O)C(OCC[N+](C)(C)C)NC(=O)C5[C@@H](O)[C@@H](C)CN5C(=O)C([C@@H](C)O)NC(=O)C([C@H](O)[C@@H](O)c5ccc(O)cc5)NC(=O)C5C[C@@H](O)CN5C(=O)C(C(C)C)NC4=O)cc3)cc2)cc1. The third-order valence-corrected chi connectivity index (χ3v) is 16.3. The monoisotopic (exact) mass is 1220 g/mol. The predicted octanol–water partition coefficient (Wildman–Crippen LogP) is 1.08. The lowest BCUT2D eigenvalue weighted by atomic mass is 9.96. The number of quaternary nitrogens is 1. The molecule has 4 aromatic rings. The van der Waals surface area contributed by atoms with E-state index in [1.807, 2.05) is 69.7 Å². The van der Waals surface area contributed by atoms with Crippen LogP contribution in [-0.4, -0.2) is 218 Å². The molecule has 0 bridgehead atoms. The van der Waals surface area contributed by atoms with E-state index in [-0.39, 0.29) is 30.0 Å². The second kappa shape index (κ2) is 30.1. The van der Waals surface area contributed by atoms with E-state index >= 15 is 0 Å². The standard InChI is InChI=1S/C64H86N8O16/c1-9-10-11-29-87-46-26-22-41(23-27-46)39-14-12-38(13-15-39)40-16-18-43(19-17-40)57(80)65-47-32-49(76)62(88-30-28-72(6,7)8)69-61(84)53-54(77)36(4)33-71(53)64(86)51(37(5)73)67-60(83)52(56(79)55(78)42-20-24-44(74)25-21-42)68-59(82)48-31-45(75)34-70(48)63(85)50(35(2)3)66-58(47)81/h12-27,35-37,45,47-56,62,73,75-79H,9-11,28-34H2,1-8H3,(H5-,65,66,67,68,69,74,80,81,82,83,84)/p+1/t36-,37+,45+,47?,48?,49+,50?,51?,52?,53?,54-,55-,56-,62?/m0/s1. The number of aliphatic hydroxyl groups is 6. The Hall–Kier alpha value is -7.55. The van der Waals surface area contributed by atoms with Gasteiger partial charge in [-0.3, -0.25) is 33.6 Å². The molecule has 3 aliphatic rings. The molecule has 24 heteroatoms. The lowest BCUT2D eigenvalue weighted by molar-refractivity contribution is -0.870. The molecule has 14 atom stereocenters. The number of aromatic hydroxyl groups is 1. The summed E-state index contributed by atoms with van der Waals surface area (Å²) in [4.78, 5) is 105. The van der Waals surface area contributed by atoms with Crippen molar-refractivity contribution in [3.8, 4) is 33.8 Å². The molecule has 88 heavy (non-hydrogen) atoms. The van der Waals surface area contributed by atoms with E-state index < -0.39 is 152 Å². The average molecular weight is 1220 g/mol. The van der Waals surface area contributed by atoms with Gasteiger partial charge in [-0.15, -0.1) is 0 Å². The summed E-state index contributed by atoms with van der Waals surface area (Å²) in [6, 6.07) is 16.4. The van der Waals surface area contributed by atoms with Crippen molar-refractivity contribution >= 4 is 41.4 Å². The maximum Gasteiger partial charge on any atom is 0.251 e. The van der Waals surface area contributed by atoms with Crippen molar-refractivity contribution < 1.29 is 83.3 Å². The fraction of sp³-hybridized carbons (Fsp3) is 0.516. The van der Waals surface area contributed by atoms with Crippen LogP contribution >= 0.6 is 0 Å². The van der Waals surface area contributed by atoms with E-state index in [2.05, 4.69) is 33.5 Å². The number of carbonyl (C=O) groups is 7.